The lowest BCUT2D eigenvalue weighted by Crippen LogP contribution is -2.63. The van der Waals surface area contributed by atoms with E-state index in [0.717, 1.165) is 41.5 Å². The Balaban J connectivity index is 1.48. The molecule has 1 unspecified atom stereocenters. The Kier molecular flexibility index (Phi) is 4.20. The number of nitrogens with zero attached hydrogens (tertiary/aromatic N) is 1. The molecule has 26 heavy (non-hydrogen) atoms. The third-order valence-corrected chi connectivity index (χ3v) is 5.22. The zero-order valence-electron chi connectivity index (χ0n) is 15.0. The van der Waals surface area contributed by atoms with E-state index in [1.165, 1.54) is 0 Å². The minimum atomic E-state index is -0.550. The minimum absolute atomic E-state index is 0.0123. The smallest absolute Gasteiger partial charge is 0.244 e. The fourth-order valence-corrected chi connectivity index (χ4v) is 3.40. The lowest BCUT2D eigenvalue weighted by Gasteiger charge is -2.49. The molecule has 0 aliphatic carbocycles. The summed E-state index contributed by atoms with van der Waals surface area (Å²) in [7, 11) is 1.61. The van der Waals surface area contributed by atoms with E-state index in [2.05, 4.69) is 10.2 Å². The van der Waals surface area contributed by atoms with Crippen LogP contribution in [0.1, 0.15) is 18.9 Å². The van der Waals surface area contributed by atoms with E-state index in [4.69, 9.17) is 14.2 Å². The number of hydrogen-bond acceptors (Lipinski definition) is 5. The fraction of sp³-hybridized carbons (Fsp3) is 0.350. The molecule has 2 aliphatic rings. The minimum Gasteiger partial charge on any atom is -0.497 e. The molecule has 1 atom stereocenters. The number of ether oxygens (including phenoxy) is 3. The summed E-state index contributed by atoms with van der Waals surface area (Å²) in [5.74, 6) is 2.26. The van der Waals surface area contributed by atoms with Crippen molar-refractivity contribution in [1.82, 2.24) is 4.90 Å². The number of rotatable bonds is 5. The summed E-state index contributed by atoms with van der Waals surface area (Å²) in [4.78, 5) is 15.1. The molecule has 4 rings (SSSR count). The van der Waals surface area contributed by atoms with E-state index in [1.807, 2.05) is 49.4 Å². The largest absolute Gasteiger partial charge is 0.497 e. The van der Waals surface area contributed by atoms with Crippen LogP contribution >= 0.6 is 0 Å². The molecule has 0 saturated carbocycles. The van der Waals surface area contributed by atoms with E-state index < -0.39 is 5.54 Å². The number of para-hydroxylation sites is 1. The highest BCUT2D eigenvalue weighted by atomic mass is 16.7. The molecule has 1 N–H and O–H groups in total. The molecular weight excluding hydrogens is 332 g/mol. The normalized spacial score (nSPS) is 21.2. The number of amides is 1. The first-order valence-electron chi connectivity index (χ1n) is 8.68. The van der Waals surface area contributed by atoms with E-state index in [-0.39, 0.29) is 12.7 Å². The van der Waals surface area contributed by atoms with Crippen LogP contribution in [0.2, 0.25) is 0 Å². The SMILES string of the molecule is COc1cccc(NC(=O)C2(C)CCN2Cc2cccc3c2OCO3)c1. The Morgan fingerprint density at radius 2 is 2.12 bits per heavy atom. The maximum absolute atomic E-state index is 12.9. The number of carbonyl (C=O) groups excluding carboxylic acids is 1. The van der Waals surface area contributed by atoms with E-state index in [1.54, 1.807) is 7.11 Å². The zero-order chi connectivity index (χ0) is 18.1. The number of likely N-dealkylation sites (tertiary alicyclic amines) is 1. The van der Waals surface area contributed by atoms with Crippen molar-refractivity contribution in [3.8, 4) is 17.2 Å². The quantitative estimate of drug-likeness (QED) is 0.894. The number of fused-ring (bicyclic) bond motifs is 1. The average Bonchev–Trinajstić information content (AvgIpc) is 3.14. The van der Waals surface area contributed by atoms with Gasteiger partial charge in [0, 0.05) is 30.4 Å². The van der Waals surface area contributed by atoms with Crippen LogP contribution in [0.4, 0.5) is 5.69 Å². The van der Waals surface area contributed by atoms with Gasteiger partial charge in [-0.1, -0.05) is 18.2 Å². The van der Waals surface area contributed by atoms with E-state index in [0.29, 0.717) is 6.54 Å². The van der Waals surface area contributed by atoms with Crippen molar-refractivity contribution in [3.05, 3.63) is 48.0 Å². The molecule has 2 aromatic carbocycles. The summed E-state index contributed by atoms with van der Waals surface area (Å²) in [5.41, 5.74) is 1.23. The molecule has 2 aliphatic heterocycles. The van der Waals surface area contributed by atoms with Gasteiger partial charge < -0.3 is 19.5 Å². The van der Waals surface area contributed by atoms with Gasteiger partial charge in [0.05, 0.1) is 12.6 Å². The van der Waals surface area contributed by atoms with Gasteiger partial charge in [-0.2, -0.15) is 0 Å². The molecule has 2 aromatic rings. The van der Waals surface area contributed by atoms with Crippen LogP contribution in [-0.2, 0) is 11.3 Å². The highest BCUT2D eigenvalue weighted by Crippen LogP contribution is 2.39. The molecule has 1 fully saturated rings. The predicted octanol–water partition coefficient (Wildman–Crippen LogP) is 3.03. The molecular formula is C20H22N2O4. The second kappa shape index (κ2) is 6.53. The maximum atomic E-state index is 12.9. The lowest BCUT2D eigenvalue weighted by molar-refractivity contribution is -0.136. The molecule has 136 valence electrons. The number of carbonyl (C=O) groups is 1. The van der Waals surface area contributed by atoms with Gasteiger partial charge in [0.1, 0.15) is 5.75 Å². The predicted molar refractivity (Wildman–Crippen MR) is 97.6 cm³/mol. The van der Waals surface area contributed by atoms with Crippen molar-refractivity contribution in [3.63, 3.8) is 0 Å². The molecule has 6 nitrogen and oxygen atoms in total. The van der Waals surface area contributed by atoms with Crippen LogP contribution in [0.25, 0.3) is 0 Å². The van der Waals surface area contributed by atoms with E-state index >= 15 is 0 Å². The summed E-state index contributed by atoms with van der Waals surface area (Å²) in [5, 5.41) is 3.01. The van der Waals surface area contributed by atoms with Gasteiger partial charge in [0.15, 0.2) is 11.5 Å². The van der Waals surface area contributed by atoms with Gasteiger partial charge in [-0.3, -0.25) is 9.69 Å². The highest BCUT2D eigenvalue weighted by Gasteiger charge is 2.47. The van der Waals surface area contributed by atoms with E-state index in [9.17, 15) is 4.79 Å². The van der Waals surface area contributed by atoms with Gasteiger partial charge >= 0.3 is 0 Å². The van der Waals surface area contributed by atoms with Crippen molar-refractivity contribution in [2.45, 2.75) is 25.4 Å². The highest BCUT2D eigenvalue weighted by molar-refractivity contribution is 5.98. The lowest BCUT2D eigenvalue weighted by atomic mass is 9.85. The summed E-state index contributed by atoms with van der Waals surface area (Å²) in [6.07, 6.45) is 0.815. The first kappa shape index (κ1) is 16.7. The topological polar surface area (TPSA) is 60.0 Å². The fourth-order valence-electron chi connectivity index (χ4n) is 3.40. The van der Waals surface area contributed by atoms with Crippen molar-refractivity contribution in [1.29, 1.82) is 0 Å². The second-order valence-corrected chi connectivity index (χ2v) is 6.78. The van der Waals surface area contributed by atoms with Crippen molar-refractivity contribution in [2.24, 2.45) is 0 Å². The van der Waals surface area contributed by atoms with Crippen LogP contribution in [0, 0.1) is 0 Å². The third-order valence-electron chi connectivity index (χ3n) is 5.22. The van der Waals surface area contributed by atoms with Crippen LogP contribution in [0.3, 0.4) is 0 Å². The summed E-state index contributed by atoms with van der Waals surface area (Å²) >= 11 is 0. The Morgan fingerprint density at radius 1 is 1.27 bits per heavy atom. The summed E-state index contributed by atoms with van der Waals surface area (Å²) < 4.78 is 16.2. The molecule has 2 heterocycles. The summed E-state index contributed by atoms with van der Waals surface area (Å²) in [6, 6.07) is 13.3. The monoisotopic (exact) mass is 354 g/mol. The Bertz CT molecular complexity index is 838. The van der Waals surface area contributed by atoms with Crippen molar-refractivity contribution < 1.29 is 19.0 Å². The van der Waals surface area contributed by atoms with Crippen molar-refractivity contribution >= 4 is 11.6 Å². The number of hydrogen-bond donors (Lipinski definition) is 1. The van der Waals surface area contributed by atoms with Crippen LogP contribution in [0.15, 0.2) is 42.5 Å². The maximum Gasteiger partial charge on any atom is 0.244 e. The number of anilines is 1. The number of nitrogens with one attached hydrogen (secondary N) is 1. The molecule has 6 heteroatoms. The molecule has 0 radical (unpaired) electrons. The number of methoxy groups -OCH3 is 1. The van der Waals surface area contributed by atoms with Crippen LogP contribution in [0.5, 0.6) is 17.2 Å². The molecule has 1 amide bonds. The average molecular weight is 354 g/mol. The van der Waals surface area contributed by atoms with Gasteiger partial charge in [-0.25, -0.2) is 0 Å². The first-order valence-corrected chi connectivity index (χ1v) is 8.68. The zero-order valence-corrected chi connectivity index (χ0v) is 15.0. The second-order valence-electron chi connectivity index (χ2n) is 6.78. The Hall–Kier alpha value is -2.73. The van der Waals surface area contributed by atoms with Crippen LogP contribution < -0.4 is 19.5 Å². The summed E-state index contributed by atoms with van der Waals surface area (Å²) in [6.45, 7) is 3.74. The molecule has 0 spiro atoms. The third kappa shape index (κ3) is 2.86. The molecule has 1 saturated heterocycles. The van der Waals surface area contributed by atoms with Gasteiger partial charge in [-0.15, -0.1) is 0 Å². The van der Waals surface area contributed by atoms with Crippen molar-refractivity contribution in [2.75, 3.05) is 25.8 Å². The molecule has 0 aromatic heterocycles. The number of benzene rings is 2. The molecule has 0 bridgehead atoms. The van der Waals surface area contributed by atoms with Gasteiger partial charge in [0.2, 0.25) is 12.7 Å². The first-order chi connectivity index (χ1) is 12.6. The van der Waals surface area contributed by atoms with Gasteiger partial charge in [0.25, 0.3) is 0 Å². The Morgan fingerprint density at radius 3 is 2.88 bits per heavy atom. The van der Waals surface area contributed by atoms with Crippen LogP contribution in [-0.4, -0.2) is 36.8 Å². The standard InChI is InChI=1S/C20H22N2O4/c1-20(19(23)21-15-6-4-7-16(11-15)24-2)9-10-22(20)12-14-5-3-8-17-18(14)26-13-25-17/h3-8,11H,9-10,12-13H2,1-2H3,(H,21,23). The Labute approximate surface area is 152 Å². The van der Waals surface area contributed by atoms with Gasteiger partial charge in [-0.05, 0) is 31.5 Å².